The number of rotatable bonds is 7. The lowest BCUT2D eigenvalue weighted by Gasteiger charge is -2.15. The summed E-state index contributed by atoms with van der Waals surface area (Å²) in [6.07, 6.45) is 3.15. The van der Waals surface area contributed by atoms with E-state index in [9.17, 15) is 9.18 Å². The Morgan fingerprint density at radius 3 is 2.67 bits per heavy atom. The highest BCUT2D eigenvalue weighted by molar-refractivity contribution is 5.75. The van der Waals surface area contributed by atoms with E-state index in [1.54, 1.807) is 13.0 Å². The summed E-state index contributed by atoms with van der Waals surface area (Å²) >= 11 is 0. The Labute approximate surface area is 161 Å². The van der Waals surface area contributed by atoms with Crippen LogP contribution in [0.15, 0.2) is 48.0 Å². The number of halogens is 1. The molecule has 0 saturated carbocycles. The normalized spacial score (nSPS) is 16.7. The number of Topliss-reactive ketones (excluding diaryl/α,β-unsaturated/α-hetero) is 1. The first-order valence-electron chi connectivity index (χ1n) is 9.64. The maximum Gasteiger partial charge on any atom is 0.165 e. The molecule has 3 heteroatoms. The molecule has 27 heavy (non-hydrogen) atoms. The summed E-state index contributed by atoms with van der Waals surface area (Å²) in [5.74, 6) is 0.495. The SMILES string of the molecule is CC(=O)CCc1cc(F)c(OCC2=C(c3ccccc3)CCC2C)cc1C. The predicted molar refractivity (Wildman–Crippen MR) is 107 cm³/mol. The Morgan fingerprint density at radius 1 is 1.22 bits per heavy atom. The van der Waals surface area contributed by atoms with E-state index < -0.39 is 0 Å². The van der Waals surface area contributed by atoms with E-state index in [1.165, 1.54) is 22.8 Å². The van der Waals surface area contributed by atoms with Crippen LogP contribution in [-0.4, -0.2) is 12.4 Å². The molecule has 1 unspecified atom stereocenters. The molecular weight excluding hydrogens is 339 g/mol. The molecule has 0 bridgehead atoms. The largest absolute Gasteiger partial charge is 0.486 e. The summed E-state index contributed by atoms with van der Waals surface area (Å²) in [5.41, 5.74) is 5.66. The highest BCUT2D eigenvalue weighted by Gasteiger charge is 2.23. The molecule has 0 amide bonds. The molecule has 2 aromatic carbocycles. The number of carbonyl (C=O) groups excluding carboxylic acids is 1. The van der Waals surface area contributed by atoms with Crippen molar-refractivity contribution in [2.24, 2.45) is 5.92 Å². The van der Waals surface area contributed by atoms with Crippen molar-refractivity contribution >= 4 is 11.4 Å². The second-order valence-electron chi connectivity index (χ2n) is 7.51. The van der Waals surface area contributed by atoms with Crippen LogP contribution in [0.4, 0.5) is 4.39 Å². The fourth-order valence-corrected chi connectivity index (χ4v) is 3.73. The van der Waals surface area contributed by atoms with E-state index in [2.05, 4.69) is 19.1 Å². The smallest absolute Gasteiger partial charge is 0.165 e. The van der Waals surface area contributed by atoms with Crippen LogP contribution in [-0.2, 0) is 11.2 Å². The molecule has 2 nitrogen and oxygen atoms in total. The summed E-state index contributed by atoms with van der Waals surface area (Å²) in [7, 11) is 0. The molecule has 0 aromatic heterocycles. The van der Waals surface area contributed by atoms with Crippen molar-refractivity contribution < 1.29 is 13.9 Å². The molecule has 0 heterocycles. The van der Waals surface area contributed by atoms with E-state index in [0.29, 0.717) is 25.4 Å². The summed E-state index contributed by atoms with van der Waals surface area (Å²) < 4.78 is 20.4. The first-order valence-corrected chi connectivity index (χ1v) is 9.64. The monoisotopic (exact) mass is 366 g/mol. The van der Waals surface area contributed by atoms with Gasteiger partial charge in [0.25, 0.3) is 0 Å². The van der Waals surface area contributed by atoms with E-state index in [4.69, 9.17) is 4.74 Å². The molecule has 1 aliphatic rings. The Bertz CT molecular complexity index is 852. The van der Waals surface area contributed by atoms with Crippen molar-refractivity contribution in [3.05, 3.63) is 70.5 Å². The fourth-order valence-electron chi connectivity index (χ4n) is 3.73. The quantitative estimate of drug-likeness (QED) is 0.608. The van der Waals surface area contributed by atoms with Crippen molar-refractivity contribution in [1.82, 2.24) is 0 Å². The molecule has 2 aromatic rings. The first-order chi connectivity index (χ1) is 13.0. The summed E-state index contributed by atoms with van der Waals surface area (Å²) in [5, 5.41) is 0. The van der Waals surface area contributed by atoms with E-state index in [0.717, 1.165) is 24.0 Å². The Morgan fingerprint density at radius 2 is 1.96 bits per heavy atom. The number of benzene rings is 2. The molecule has 1 aliphatic carbocycles. The molecule has 0 radical (unpaired) electrons. The van der Waals surface area contributed by atoms with E-state index >= 15 is 0 Å². The minimum Gasteiger partial charge on any atom is -0.486 e. The highest BCUT2D eigenvalue weighted by atomic mass is 19.1. The Kier molecular flexibility index (Phi) is 6.10. The zero-order valence-corrected chi connectivity index (χ0v) is 16.3. The second kappa shape index (κ2) is 8.51. The molecular formula is C24H27FO2. The van der Waals surface area contributed by atoms with Crippen LogP contribution in [0.2, 0.25) is 0 Å². The van der Waals surface area contributed by atoms with Crippen molar-refractivity contribution in [3.63, 3.8) is 0 Å². The van der Waals surface area contributed by atoms with Crippen molar-refractivity contribution in [2.75, 3.05) is 6.61 Å². The van der Waals surface area contributed by atoms with Crippen LogP contribution in [0.3, 0.4) is 0 Å². The third-order valence-corrected chi connectivity index (χ3v) is 5.45. The van der Waals surface area contributed by atoms with Crippen LogP contribution >= 0.6 is 0 Å². The fraction of sp³-hybridized carbons (Fsp3) is 0.375. The van der Waals surface area contributed by atoms with Gasteiger partial charge < -0.3 is 9.53 Å². The van der Waals surface area contributed by atoms with Gasteiger partial charge in [-0.1, -0.05) is 37.3 Å². The third-order valence-electron chi connectivity index (χ3n) is 5.45. The average molecular weight is 366 g/mol. The minimum atomic E-state index is -0.355. The summed E-state index contributed by atoms with van der Waals surface area (Å²) in [4.78, 5) is 11.2. The van der Waals surface area contributed by atoms with Gasteiger partial charge in [0, 0.05) is 6.42 Å². The average Bonchev–Trinajstić information content (AvgIpc) is 3.02. The molecule has 3 rings (SSSR count). The molecule has 0 fully saturated rings. The van der Waals surface area contributed by atoms with Crippen LogP contribution in [0.5, 0.6) is 5.75 Å². The summed E-state index contributed by atoms with van der Waals surface area (Å²) in [6, 6.07) is 13.6. The number of aryl methyl sites for hydroxylation is 2. The molecule has 1 atom stereocenters. The first kappa shape index (κ1) is 19.3. The number of ether oxygens (including phenoxy) is 1. The summed E-state index contributed by atoms with van der Waals surface area (Å²) in [6.45, 7) is 6.12. The Balaban J connectivity index is 1.77. The maximum absolute atomic E-state index is 14.5. The standard InChI is InChI=1S/C24H27FO2/c1-16-9-12-21(19-7-5-4-6-8-19)22(16)15-27-24-13-17(2)20(14-23(24)25)11-10-18(3)26/h4-8,13-14,16H,9-12,15H2,1-3H3. The second-order valence-corrected chi connectivity index (χ2v) is 7.51. The number of hydrogen-bond donors (Lipinski definition) is 0. The number of carbonyl (C=O) groups is 1. The third kappa shape index (κ3) is 4.65. The zero-order chi connectivity index (χ0) is 19.4. The number of hydrogen-bond acceptors (Lipinski definition) is 2. The zero-order valence-electron chi connectivity index (χ0n) is 16.3. The molecule has 0 aliphatic heterocycles. The van der Waals surface area contributed by atoms with Gasteiger partial charge in [0.1, 0.15) is 12.4 Å². The van der Waals surface area contributed by atoms with Gasteiger partial charge in [0.2, 0.25) is 0 Å². The van der Waals surface area contributed by atoms with Gasteiger partial charge in [-0.25, -0.2) is 4.39 Å². The van der Waals surface area contributed by atoms with Gasteiger partial charge in [-0.2, -0.15) is 0 Å². The van der Waals surface area contributed by atoms with Crippen LogP contribution < -0.4 is 4.74 Å². The molecule has 142 valence electrons. The van der Waals surface area contributed by atoms with Gasteiger partial charge in [-0.3, -0.25) is 0 Å². The highest BCUT2D eigenvalue weighted by Crippen LogP contribution is 2.38. The minimum absolute atomic E-state index is 0.116. The number of allylic oxidation sites excluding steroid dienone is 1. The van der Waals surface area contributed by atoms with Crippen molar-refractivity contribution in [1.29, 1.82) is 0 Å². The molecule has 0 spiro atoms. The van der Waals surface area contributed by atoms with E-state index in [-0.39, 0.29) is 17.3 Å². The lowest BCUT2D eigenvalue weighted by atomic mass is 9.99. The van der Waals surface area contributed by atoms with Gasteiger partial charge in [-0.05, 0) is 79.0 Å². The van der Waals surface area contributed by atoms with Gasteiger partial charge in [0.05, 0.1) is 0 Å². The van der Waals surface area contributed by atoms with Crippen LogP contribution in [0.1, 0.15) is 49.8 Å². The van der Waals surface area contributed by atoms with Crippen molar-refractivity contribution in [2.45, 2.75) is 46.5 Å². The van der Waals surface area contributed by atoms with Gasteiger partial charge >= 0.3 is 0 Å². The van der Waals surface area contributed by atoms with Crippen molar-refractivity contribution in [3.8, 4) is 5.75 Å². The lowest BCUT2D eigenvalue weighted by Crippen LogP contribution is -2.08. The lowest BCUT2D eigenvalue weighted by molar-refractivity contribution is -0.116. The Hall–Kier alpha value is -2.42. The van der Waals surface area contributed by atoms with Crippen LogP contribution in [0, 0.1) is 18.7 Å². The maximum atomic E-state index is 14.5. The molecule has 0 saturated heterocycles. The van der Waals surface area contributed by atoms with Gasteiger partial charge in [-0.15, -0.1) is 0 Å². The van der Waals surface area contributed by atoms with Gasteiger partial charge in [0.15, 0.2) is 11.6 Å². The predicted octanol–water partition coefficient (Wildman–Crippen LogP) is 5.92. The topological polar surface area (TPSA) is 26.3 Å². The van der Waals surface area contributed by atoms with E-state index in [1.807, 2.05) is 25.1 Å². The van der Waals surface area contributed by atoms with Crippen LogP contribution in [0.25, 0.3) is 5.57 Å². The number of ketones is 1. The molecule has 0 N–H and O–H groups in total.